The van der Waals surface area contributed by atoms with Crippen molar-refractivity contribution in [2.24, 2.45) is 11.8 Å². The number of rotatable bonds is 5. The number of hydrogen-bond acceptors (Lipinski definition) is 4. The Labute approximate surface area is 190 Å². The SMILES string of the molecule is CCn1c(-c2cccc(C)c2)nn(CN2CCC(C(=O)N3CCCC(C)C3)CC2)c1=S. The highest BCUT2D eigenvalue weighted by Gasteiger charge is 2.30. The zero-order valence-electron chi connectivity index (χ0n) is 19.1. The number of benzene rings is 1. The van der Waals surface area contributed by atoms with E-state index in [0.717, 1.165) is 68.1 Å². The van der Waals surface area contributed by atoms with Crippen molar-refractivity contribution in [2.45, 2.75) is 59.7 Å². The second kappa shape index (κ2) is 9.65. The fraction of sp³-hybridized carbons (Fsp3) is 0.625. The van der Waals surface area contributed by atoms with Crippen LogP contribution in [-0.4, -0.2) is 56.2 Å². The molecule has 2 fully saturated rings. The quantitative estimate of drug-likeness (QED) is 0.648. The molecule has 1 unspecified atom stereocenters. The van der Waals surface area contributed by atoms with Crippen LogP contribution in [0.5, 0.6) is 0 Å². The molecule has 31 heavy (non-hydrogen) atoms. The molecular weight excluding hydrogens is 406 g/mol. The average molecular weight is 442 g/mol. The first kappa shape index (κ1) is 22.2. The van der Waals surface area contributed by atoms with Crippen molar-refractivity contribution in [3.05, 3.63) is 34.6 Å². The standard InChI is InChI=1S/C24H35N5OS/c1-4-28-22(21-9-5-7-18(2)15-21)25-29(24(28)31)17-26-13-10-20(11-14-26)23(30)27-12-6-8-19(3)16-27/h5,7,9,15,19-20H,4,6,8,10-14,16-17H2,1-3H3. The van der Waals surface area contributed by atoms with Gasteiger partial charge in [-0.15, -0.1) is 0 Å². The molecule has 2 aliphatic rings. The average Bonchev–Trinajstić information content (AvgIpc) is 3.09. The van der Waals surface area contributed by atoms with Crippen molar-refractivity contribution in [1.82, 2.24) is 24.1 Å². The highest BCUT2D eigenvalue weighted by atomic mass is 32.1. The van der Waals surface area contributed by atoms with Crippen LogP contribution in [0.15, 0.2) is 24.3 Å². The monoisotopic (exact) mass is 441 g/mol. The van der Waals surface area contributed by atoms with E-state index < -0.39 is 0 Å². The van der Waals surface area contributed by atoms with Gasteiger partial charge in [-0.3, -0.25) is 9.69 Å². The normalized spacial score (nSPS) is 20.9. The van der Waals surface area contributed by atoms with Crippen LogP contribution in [0.2, 0.25) is 0 Å². The Morgan fingerprint density at radius 2 is 1.97 bits per heavy atom. The molecule has 0 N–H and O–H groups in total. The summed E-state index contributed by atoms with van der Waals surface area (Å²) in [6.07, 6.45) is 4.25. The first-order valence-electron chi connectivity index (χ1n) is 11.7. The Hall–Kier alpha value is -1.99. The Balaban J connectivity index is 1.41. The number of carbonyl (C=O) groups excluding carboxylic acids is 1. The summed E-state index contributed by atoms with van der Waals surface area (Å²) in [6.45, 7) is 11.7. The van der Waals surface area contributed by atoms with Crippen LogP contribution < -0.4 is 0 Å². The fourth-order valence-electron chi connectivity index (χ4n) is 4.97. The molecule has 3 heterocycles. The van der Waals surface area contributed by atoms with Gasteiger partial charge in [0, 0.05) is 44.2 Å². The van der Waals surface area contributed by atoms with E-state index in [1.54, 1.807) is 0 Å². The largest absolute Gasteiger partial charge is 0.342 e. The first-order valence-corrected chi connectivity index (χ1v) is 12.1. The third-order valence-electron chi connectivity index (χ3n) is 6.75. The van der Waals surface area contributed by atoms with E-state index in [0.29, 0.717) is 18.5 Å². The highest BCUT2D eigenvalue weighted by molar-refractivity contribution is 7.71. The zero-order chi connectivity index (χ0) is 22.0. The number of nitrogens with zero attached hydrogens (tertiary/aromatic N) is 5. The Morgan fingerprint density at radius 1 is 1.19 bits per heavy atom. The number of likely N-dealkylation sites (tertiary alicyclic amines) is 2. The number of amides is 1. The molecule has 2 aromatic rings. The Bertz CT molecular complexity index is 973. The second-order valence-corrected chi connectivity index (χ2v) is 9.65. The highest BCUT2D eigenvalue weighted by Crippen LogP contribution is 2.25. The molecule has 6 nitrogen and oxygen atoms in total. The van der Waals surface area contributed by atoms with Gasteiger partial charge in [-0.2, -0.15) is 5.10 Å². The van der Waals surface area contributed by atoms with E-state index in [1.165, 1.54) is 12.0 Å². The van der Waals surface area contributed by atoms with Gasteiger partial charge < -0.3 is 9.47 Å². The van der Waals surface area contributed by atoms with Gasteiger partial charge in [0.15, 0.2) is 10.6 Å². The van der Waals surface area contributed by atoms with Gasteiger partial charge in [0.05, 0.1) is 6.67 Å². The molecule has 2 aliphatic heterocycles. The minimum absolute atomic E-state index is 0.172. The maximum absolute atomic E-state index is 13.0. The lowest BCUT2D eigenvalue weighted by Gasteiger charge is -2.37. The molecule has 1 aromatic carbocycles. The van der Waals surface area contributed by atoms with Gasteiger partial charge in [0.1, 0.15) is 0 Å². The third kappa shape index (κ3) is 4.93. The molecular formula is C24H35N5OS. The molecule has 0 aliphatic carbocycles. The molecule has 0 radical (unpaired) electrons. The van der Waals surface area contributed by atoms with E-state index in [4.69, 9.17) is 17.3 Å². The number of aromatic nitrogens is 3. The topological polar surface area (TPSA) is 46.3 Å². The van der Waals surface area contributed by atoms with E-state index in [2.05, 4.69) is 59.4 Å². The Kier molecular flexibility index (Phi) is 6.92. The van der Waals surface area contributed by atoms with E-state index in [-0.39, 0.29) is 5.92 Å². The Morgan fingerprint density at radius 3 is 2.65 bits per heavy atom. The number of carbonyl (C=O) groups is 1. The summed E-state index contributed by atoms with van der Waals surface area (Å²) < 4.78 is 4.82. The number of hydrogen-bond donors (Lipinski definition) is 0. The van der Waals surface area contributed by atoms with E-state index in [1.807, 2.05) is 4.68 Å². The summed E-state index contributed by atoms with van der Waals surface area (Å²) in [7, 11) is 0. The van der Waals surface area contributed by atoms with Crippen molar-refractivity contribution < 1.29 is 4.79 Å². The summed E-state index contributed by atoms with van der Waals surface area (Å²) in [4.78, 5) is 17.5. The summed E-state index contributed by atoms with van der Waals surface area (Å²) >= 11 is 5.75. The minimum atomic E-state index is 0.172. The molecule has 0 saturated carbocycles. The van der Waals surface area contributed by atoms with Crippen LogP contribution in [0.4, 0.5) is 0 Å². The smallest absolute Gasteiger partial charge is 0.225 e. The van der Waals surface area contributed by atoms with Gasteiger partial charge in [-0.05, 0) is 63.7 Å². The predicted molar refractivity (Wildman–Crippen MR) is 126 cm³/mol. The molecule has 168 valence electrons. The van der Waals surface area contributed by atoms with Gasteiger partial charge in [-0.1, -0.05) is 30.7 Å². The maximum Gasteiger partial charge on any atom is 0.225 e. The van der Waals surface area contributed by atoms with Crippen molar-refractivity contribution in [1.29, 1.82) is 0 Å². The van der Waals surface area contributed by atoms with Crippen LogP contribution >= 0.6 is 12.2 Å². The van der Waals surface area contributed by atoms with Gasteiger partial charge in [-0.25, -0.2) is 4.68 Å². The lowest BCUT2D eigenvalue weighted by atomic mass is 9.93. The number of piperidine rings is 2. The van der Waals surface area contributed by atoms with Gasteiger partial charge in [0.2, 0.25) is 5.91 Å². The van der Waals surface area contributed by atoms with Crippen molar-refractivity contribution in [3.8, 4) is 11.4 Å². The van der Waals surface area contributed by atoms with Gasteiger partial charge in [0.25, 0.3) is 0 Å². The fourth-order valence-corrected chi connectivity index (χ4v) is 5.29. The summed E-state index contributed by atoms with van der Waals surface area (Å²) in [5.41, 5.74) is 2.32. The lowest BCUT2D eigenvalue weighted by Crippen LogP contribution is -2.46. The first-order chi connectivity index (χ1) is 15.0. The van der Waals surface area contributed by atoms with E-state index in [9.17, 15) is 4.79 Å². The van der Waals surface area contributed by atoms with Crippen LogP contribution in [0.25, 0.3) is 11.4 Å². The molecule has 1 aromatic heterocycles. The van der Waals surface area contributed by atoms with Crippen LogP contribution in [0, 0.1) is 23.5 Å². The molecule has 0 spiro atoms. The van der Waals surface area contributed by atoms with Crippen LogP contribution in [0.1, 0.15) is 45.1 Å². The number of aryl methyl sites for hydroxylation is 1. The predicted octanol–water partition coefficient (Wildman–Crippen LogP) is 4.34. The maximum atomic E-state index is 13.0. The molecule has 2 saturated heterocycles. The van der Waals surface area contributed by atoms with Crippen LogP contribution in [-0.2, 0) is 18.0 Å². The summed E-state index contributed by atoms with van der Waals surface area (Å²) in [6, 6.07) is 8.42. The van der Waals surface area contributed by atoms with Crippen LogP contribution in [0.3, 0.4) is 0 Å². The van der Waals surface area contributed by atoms with E-state index >= 15 is 0 Å². The molecule has 4 rings (SSSR count). The molecule has 1 atom stereocenters. The second-order valence-electron chi connectivity index (χ2n) is 9.28. The van der Waals surface area contributed by atoms with Crippen molar-refractivity contribution in [3.63, 3.8) is 0 Å². The molecule has 7 heteroatoms. The lowest BCUT2D eigenvalue weighted by molar-refractivity contribution is -0.139. The van der Waals surface area contributed by atoms with Crippen molar-refractivity contribution >= 4 is 18.1 Å². The van der Waals surface area contributed by atoms with Crippen molar-refractivity contribution in [2.75, 3.05) is 26.2 Å². The molecule has 0 bridgehead atoms. The summed E-state index contributed by atoms with van der Waals surface area (Å²) in [5.74, 6) is 2.11. The zero-order valence-corrected chi connectivity index (χ0v) is 19.9. The third-order valence-corrected chi connectivity index (χ3v) is 7.19. The molecule has 1 amide bonds. The van der Waals surface area contributed by atoms with Gasteiger partial charge >= 0.3 is 0 Å². The minimum Gasteiger partial charge on any atom is -0.342 e. The summed E-state index contributed by atoms with van der Waals surface area (Å²) in [5, 5.41) is 4.88.